The molecule has 268 valence electrons. The summed E-state index contributed by atoms with van der Waals surface area (Å²) in [7, 11) is 0. The molecule has 1 fully saturated rings. The first-order chi connectivity index (χ1) is 24.1. The van der Waals surface area contributed by atoms with Gasteiger partial charge in [0.2, 0.25) is 0 Å². The minimum atomic E-state index is -0.480. The molecule has 8 nitrogen and oxygen atoms in total. The summed E-state index contributed by atoms with van der Waals surface area (Å²) < 4.78 is 11.6. The second kappa shape index (κ2) is 16.0. The van der Waals surface area contributed by atoms with E-state index in [1.54, 1.807) is 0 Å². The second-order valence-corrected chi connectivity index (χ2v) is 15.4. The van der Waals surface area contributed by atoms with Gasteiger partial charge in [0.15, 0.2) is 6.29 Å². The maximum Gasteiger partial charge on any atom is 0.160 e. The number of aromatic nitrogens is 4. The predicted octanol–water partition coefficient (Wildman–Crippen LogP) is 8.89. The monoisotopic (exact) mass is 698 g/mol. The SMILES string of the molecule is C=Cc1c(C)c2cc3nc(c(C)c4cc(C)c(cc5nc(cc1[nH]2)C(C)=C5CC)[nH]4)[C@@H](CCCSCCCO[C@H]1C[C@@H](O)C[C@@H](CO)O1)[C@@H]3C. The number of fused-ring (bicyclic) bond motifs is 8. The van der Waals surface area contributed by atoms with E-state index in [0.29, 0.717) is 25.4 Å². The summed E-state index contributed by atoms with van der Waals surface area (Å²) in [6.07, 6.45) is 5.62. The van der Waals surface area contributed by atoms with E-state index in [1.165, 1.54) is 33.5 Å². The Morgan fingerprint density at radius 2 is 1.70 bits per heavy atom. The van der Waals surface area contributed by atoms with Crippen LogP contribution in [0.25, 0.3) is 39.3 Å². The predicted molar refractivity (Wildman–Crippen MR) is 207 cm³/mol. The summed E-state index contributed by atoms with van der Waals surface area (Å²) in [6, 6.07) is 8.90. The third kappa shape index (κ3) is 7.67. The van der Waals surface area contributed by atoms with Crippen LogP contribution in [-0.2, 0) is 9.47 Å². The van der Waals surface area contributed by atoms with Gasteiger partial charge in [-0.2, -0.15) is 11.8 Å². The van der Waals surface area contributed by atoms with Crippen molar-refractivity contribution in [3.05, 3.63) is 75.9 Å². The van der Waals surface area contributed by atoms with Crippen molar-refractivity contribution in [2.24, 2.45) is 0 Å². The number of thioether (sulfide) groups is 1. The molecular formula is C41H54N4O4S. The lowest BCUT2D eigenvalue weighted by Gasteiger charge is -2.32. The minimum absolute atomic E-state index is 0.0910. The molecule has 0 spiro atoms. The first kappa shape index (κ1) is 36.6. The van der Waals surface area contributed by atoms with Gasteiger partial charge in [-0.1, -0.05) is 26.5 Å². The highest BCUT2D eigenvalue weighted by atomic mass is 32.2. The van der Waals surface area contributed by atoms with Crippen LogP contribution in [0.5, 0.6) is 0 Å². The summed E-state index contributed by atoms with van der Waals surface area (Å²) in [4.78, 5) is 18.0. The second-order valence-electron chi connectivity index (χ2n) is 14.2. The van der Waals surface area contributed by atoms with Gasteiger partial charge in [0.1, 0.15) is 0 Å². The molecule has 9 heteroatoms. The van der Waals surface area contributed by atoms with Gasteiger partial charge in [0, 0.05) is 63.7 Å². The van der Waals surface area contributed by atoms with Crippen LogP contribution in [-0.4, -0.2) is 73.4 Å². The zero-order valence-electron chi connectivity index (χ0n) is 30.6. The van der Waals surface area contributed by atoms with E-state index in [0.717, 1.165) is 81.9 Å². The van der Waals surface area contributed by atoms with Crippen LogP contribution in [0.15, 0.2) is 30.8 Å². The summed E-state index contributed by atoms with van der Waals surface area (Å²) in [6.45, 7) is 17.9. The molecule has 50 heavy (non-hydrogen) atoms. The number of aromatic amines is 2. The number of aliphatic hydroxyl groups is 2. The Labute approximate surface area is 300 Å². The van der Waals surface area contributed by atoms with Crippen LogP contribution < -0.4 is 0 Å². The Morgan fingerprint density at radius 3 is 2.46 bits per heavy atom. The Balaban J connectivity index is 1.25. The number of H-pyrrole nitrogens is 2. The van der Waals surface area contributed by atoms with Gasteiger partial charge in [-0.15, -0.1) is 0 Å². The lowest BCUT2D eigenvalue weighted by molar-refractivity contribution is -0.221. The third-order valence-corrected chi connectivity index (χ3v) is 11.9. The van der Waals surface area contributed by atoms with Gasteiger partial charge in [-0.3, -0.25) is 4.98 Å². The number of rotatable bonds is 12. The van der Waals surface area contributed by atoms with Gasteiger partial charge >= 0.3 is 0 Å². The minimum Gasteiger partial charge on any atom is -0.394 e. The average molecular weight is 699 g/mol. The number of nitrogens with one attached hydrogen (secondary N) is 2. The van der Waals surface area contributed by atoms with Crippen molar-refractivity contribution >= 4 is 51.1 Å². The smallest absolute Gasteiger partial charge is 0.160 e. The molecule has 1 saturated heterocycles. The molecule has 0 radical (unpaired) electrons. The lowest BCUT2D eigenvalue weighted by atomic mass is 9.86. The molecule has 3 aliphatic heterocycles. The van der Waals surface area contributed by atoms with Gasteiger partial charge < -0.3 is 29.7 Å². The molecule has 6 rings (SSSR count). The fourth-order valence-corrected chi connectivity index (χ4v) is 8.63. The highest BCUT2D eigenvalue weighted by Crippen LogP contribution is 2.42. The summed E-state index contributed by atoms with van der Waals surface area (Å²) in [5.74, 6) is 2.68. The highest BCUT2D eigenvalue weighted by Gasteiger charge is 2.31. The summed E-state index contributed by atoms with van der Waals surface area (Å²) >= 11 is 1.96. The molecule has 8 bridgehead atoms. The fraction of sp³-hybridized carbons (Fsp3) is 0.512. The van der Waals surface area contributed by atoms with Crippen LogP contribution >= 0.6 is 11.8 Å². The number of nitrogens with zero attached hydrogens (tertiary/aromatic N) is 2. The van der Waals surface area contributed by atoms with E-state index in [1.807, 2.05) is 17.8 Å². The van der Waals surface area contributed by atoms with Crippen molar-refractivity contribution in [2.45, 2.75) is 110 Å². The van der Waals surface area contributed by atoms with Gasteiger partial charge in [-0.05, 0) is 117 Å². The van der Waals surface area contributed by atoms with E-state index in [-0.39, 0.29) is 18.6 Å². The van der Waals surface area contributed by atoms with Crippen LogP contribution in [0, 0.1) is 20.8 Å². The van der Waals surface area contributed by atoms with E-state index in [9.17, 15) is 10.2 Å². The standard InChI is InChI=1S/C41H54N4O4S/c1-8-30-25(5)36-21-39-31(9-2)24(4)35(43-39)20-37-26(6)32(41(45-37)27(7)34-16-23(3)33(42-34)19-38(30)44-36)12-10-14-50-15-11-13-48-40-18-28(47)17-29(22-46)49-40/h9,16,19-21,26,28-29,32,40,42-43,46-47H,2,8,10-15,17-18,22H2,1,3-7H3/t26-,28-,29-,32-,40+/m0/s1. The van der Waals surface area contributed by atoms with Gasteiger partial charge in [0.05, 0.1) is 36.8 Å². The first-order valence-electron chi connectivity index (χ1n) is 18.3. The molecule has 6 heterocycles. The molecule has 3 aliphatic rings. The Morgan fingerprint density at radius 1 is 0.960 bits per heavy atom. The van der Waals surface area contributed by atoms with E-state index >= 15 is 0 Å². The summed E-state index contributed by atoms with van der Waals surface area (Å²) in [5.41, 5.74) is 15.8. The fourth-order valence-electron chi connectivity index (χ4n) is 7.73. The summed E-state index contributed by atoms with van der Waals surface area (Å²) in [5, 5.41) is 19.4. The largest absolute Gasteiger partial charge is 0.394 e. The van der Waals surface area contributed by atoms with Crippen molar-refractivity contribution < 1.29 is 19.7 Å². The Bertz CT molecular complexity index is 1910. The van der Waals surface area contributed by atoms with Crippen LogP contribution in [0.4, 0.5) is 0 Å². The number of aliphatic hydroxyl groups excluding tert-OH is 2. The van der Waals surface area contributed by atoms with Crippen molar-refractivity contribution in [1.29, 1.82) is 0 Å². The number of hydrogen-bond donors (Lipinski definition) is 4. The van der Waals surface area contributed by atoms with E-state index < -0.39 is 12.4 Å². The van der Waals surface area contributed by atoms with Crippen molar-refractivity contribution in [3.63, 3.8) is 0 Å². The maximum absolute atomic E-state index is 10.0. The first-order valence-corrected chi connectivity index (χ1v) is 19.5. The van der Waals surface area contributed by atoms with Crippen LogP contribution in [0.2, 0.25) is 0 Å². The number of ether oxygens (including phenoxy) is 2. The maximum atomic E-state index is 10.0. The third-order valence-electron chi connectivity index (χ3n) is 10.8. The molecule has 0 amide bonds. The molecule has 5 atom stereocenters. The molecule has 4 N–H and O–H groups in total. The molecule has 0 aliphatic carbocycles. The average Bonchev–Trinajstić information content (AvgIpc) is 3.80. The normalized spacial score (nSPS) is 22.4. The van der Waals surface area contributed by atoms with Crippen LogP contribution in [0.1, 0.15) is 116 Å². The molecular weight excluding hydrogens is 645 g/mol. The number of aryl methyl sites for hydroxylation is 3. The zero-order chi connectivity index (χ0) is 35.5. The van der Waals surface area contributed by atoms with Crippen molar-refractivity contribution in [3.8, 4) is 0 Å². The van der Waals surface area contributed by atoms with E-state index in [2.05, 4.69) is 82.4 Å². The van der Waals surface area contributed by atoms with E-state index in [4.69, 9.17) is 19.4 Å². The Kier molecular flexibility index (Phi) is 11.7. The quantitative estimate of drug-likeness (QED) is 0.140. The van der Waals surface area contributed by atoms with Crippen molar-refractivity contribution in [2.75, 3.05) is 24.7 Å². The van der Waals surface area contributed by atoms with Crippen LogP contribution in [0.3, 0.4) is 0 Å². The Hall–Kier alpha value is -3.21. The van der Waals surface area contributed by atoms with Gasteiger partial charge in [-0.25, -0.2) is 4.98 Å². The lowest BCUT2D eigenvalue weighted by Crippen LogP contribution is -2.39. The van der Waals surface area contributed by atoms with Gasteiger partial charge in [0.25, 0.3) is 0 Å². The number of hydrogen-bond acceptors (Lipinski definition) is 7. The highest BCUT2D eigenvalue weighted by molar-refractivity contribution is 7.99. The molecule has 0 aromatic carbocycles. The topological polar surface area (TPSA) is 116 Å². The zero-order valence-corrected chi connectivity index (χ0v) is 31.4. The number of allylic oxidation sites excluding steroid dienone is 2. The molecule has 3 aromatic heterocycles. The molecule has 0 saturated carbocycles. The van der Waals surface area contributed by atoms with Crippen molar-refractivity contribution in [1.82, 2.24) is 19.9 Å². The molecule has 0 unspecified atom stereocenters. The molecule has 3 aromatic rings.